The zero-order valence-corrected chi connectivity index (χ0v) is 11.7. The van der Waals surface area contributed by atoms with Crippen LogP contribution < -0.4 is 5.32 Å². The number of carbonyl (C=O) groups is 3. The molecule has 0 bridgehead atoms. The Bertz CT molecular complexity index is 412. The molecule has 2 atom stereocenters. The summed E-state index contributed by atoms with van der Waals surface area (Å²) < 4.78 is 0. The molecular formula is C13H21N3O4. The number of hydrogen-bond acceptors (Lipinski definition) is 4. The molecule has 2 heterocycles. The SMILES string of the molecule is CN1C[C@H](NC(=O)CN2CCCCC2=O)C[C@H]1C(=O)O. The van der Waals surface area contributed by atoms with Crippen LogP contribution in [0, 0.1) is 0 Å². The van der Waals surface area contributed by atoms with Crippen molar-refractivity contribution >= 4 is 17.8 Å². The lowest BCUT2D eigenvalue weighted by atomic mass is 10.1. The molecule has 2 N–H and O–H groups in total. The molecule has 2 rings (SSSR count). The number of amides is 2. The van der Waals surface area contributed by atoms with Gasteiger partial charge in [-0.2, -0.15) is 0 Å². The van der Waals surface area contributed by atoms with Crippen molar-refractivity contribution in [2.45, 2.75) is 37.8 Å². The average Bonchev–Trinajstić information content (AvgIpc) is 2.73. The van der Waals surface area contributed by atoms with Crippen molar-refractivity contribution in [1.29, 1.82) is 0 Å². The summed E-state index contributed by atoms with van der Waals surface area (Å²) in [7, 11) is 1.74. The van der Waals surface area contributed by atoms with Crippen molar-refractivity contribution in [2.75, 3.05) is 26.7 Å². The van der Waals surface area contributed by atoms with Gasteiger partial charge < -0.3 is 15.3 Å². The van der Waals surface area contributed by atoms with Crippen LogP contribution in [0.15, 0.2) is 0 Å². The summed E-state index contributed by atoms with van der Waals surface area (Å²) in [5.41, 5.74) is 0. The third-order valence-corrected chi connectivity index (χ3v) is 3.95. The Morgan fingerprint density at radius 1 is 1.40 bits per heavy atom. The number of nitrogens with one attached hydrogen (secondary N) is 1. The van der Waals surface area contributed by atoms with Gasteiger partial charge in [-0.15, -0.1) is 0 Å². The van der Waals surface area contributed by atoms with Gasteiger partial charge in [0.05, 0.1) is 6.54 Å². The molecule has 2 aliphatic rings. The summed E-state index contributed by atoms with van der Waals surface area (Å²) in [5, 5.41) is 11.8. The summed E-state index contributed by atoms with van der Waals surface area (Å²) in [5.74, 6) is -1.04. The van der Waals surface area contributed by atoms with Crippen LogP contribution in [-0.4, -0.2) is 71.5 Å². The number of likely N-dealkylation sites (tertiary alicyclic amines) is 2. The van der Waals surface area contributed by atoms with Crippen LogP contribution in [-0.2, 0) is 14.4 Å². The van der Waals surface area contributed by atoms with E-state index >= 15 is 0 Å². The molecular weight excluding hydrogens is 262 g/mol. The molecule has 2 saturated heterocycles. The lowest BCUT2D eigenvalue weighted by molar-refractivity contribution is -0.141. The van der Waals surface area contributed by atoms with Gasteiger partial charge in [0.15, 0.2) is 0 Å². The Labute approximate surface area is 117 Å². The Hall–Kier alpha value is -1.63. The first-order valence-corrected chi connectivity index (χ1v) is 6.97. The van der Waals surface area contributed by atoms with Crippen LogP contribution in [0.3, 0.4) is 0 Å². The molecule has 2 amide bonds. The Balaban J connectivity index is 1.80. The third-order valence-electron chi connectivity index (χ3n) is 3.95. The van der Waals surface area contributed by atoms with Gasteiger partial charge in [0, 0.05) is 25.6 Å². The van der Waals surface area contributed by atoms with Crippen LogP contribution in [0.1, 0.15) is 25.7 Å². The summed E-state index contributed by atoms with van der Waals surface area (Å²) in [6.45, 7) is 1.24. The number of piperidine rings is 1. The summed E-state index contributed by atoms with van der Waals surface area (Å²) >= 11 is 0. The number of aliphatic carboxylic acids is 1. The molecule has 2 fully saturated rings. The Morgan fingerprint density at radius 2 is 2.15 bits per heavy atom. The predicted molar refractivity (Wildman–Crippen MR) is 71.0 cm³/mol. The summed E-state index contributed by atoms with van der Waals surface area (Å²) in [4.78, 5) is 37.8. The van der Waals surface area contributed by atoms with Crippen molar-refractivity contribution in [3.05, 3.63) is 0 Å². The van der Waals surface area contributed by atoms with E-state index in [0.717, 1.165) is 12.8 Å². The highest BCUT2D eigenvalue weighted by Crippen LogP contribution is 2.16. The van der Waals surface area contributed by atoms with E-state index in [1.54, 1.807) is 16.8 Å². The van der Waals surface area contributed by atoms with E-state index in [-0.39, 0.29) is 24.4 Å². The van der Waals surface area contributed by atoms with E-state index in [4.69, 9.17) is 5.11 Å². The minimum atomic E-state index is -0.865. The number of nitrogens with zero attached hydrogens (tertiary/aromatic N) is 2. The first kappa shape index (κ1) is 14.8. The monoisotopic (exact) mass is 283 g/mol. The van der Waals surface area contributed by atoms with Gasteiger partial charge in [0.25, 0.3) is 0 Å². The number of carbonyl (C=O) groups excluding carboxylic acids is 2. The lowest BCUT2D eigenvalue weighted by Crippen LogP contribution is -2.46. The van der Waals surface area contributed by atoms with Gasteiger partial charge in [-0.05, 0) is 26.3 Å². The van der Waals surface area contributed by atoms with Crippen LogP contribution in [0.4, 0.5) is 0 Å². The van der Waals surface area contributed by atoms with Gasteiger partial charge in [-0.1, -0.05) is 0 Å². The van der Waals surface area contributed by atoms with Crippen molar-refractivity contribution in [3.8, 4) is 0 Å². The van der Waals surface area contributed by atoms with Crippen LogP contribution in [0.25, 0.3) is 0 Å². The molecule has 2 aliphatic heterocycles. The van der Waals surface area contributed by atoms with Crippen molar-refractivity contribution in [3.63, 3.8) is 0 Å². The maximum Gasteiger partial charge on any atom is 0.320 e. The normalized spacial score (nSPS) is 27.6. The zero-order chi connectivity index (χ0) is 14.7. The fourth-order valence-corrected chi connectivity index (χ4v) is 2.87. The molecule has 0 aromatic rings. The first-order chi connectivity index (χ1) is 9.47. The minimum absolute atomic E-state index is 0.0263. The van der Waals surface area contributed by atoms with Gasteiger partial charge >= 0.3 is 5.97 Å². The maximum atomic E-state index is 11.9. The number of rotatable bonds is 4. The first-order valence-electron chi connectivity index (χ1n) is 6.97. The molecule has 0 saturated carbocycles. The van der Waals surface area contributed by atoms with Gasteiger partial charge in [-0.25, -0.2) is 0 Å². The van der Waals surface area contributed by atoms with Crippen molar-refractivity contribution in [2.24, 2.45) is 0 Å². The largest absolute Gasteiger partial charge is 0.480 e. The second kappa shape index (κ2) is 6.21. The molecule has 112 valence electrons. The topological polar surface area (TPSA) is 90.0 Å². The minimum Gasteiger partial charge on any atom is -0.480 e. The molecule has 0 aromatic heterocycles. The van der Waals surface area contributed by atoms with Crippen LogP contribution in [0.5, 0.6) is 0 Å². The number of carboxylic acids is 1. The highest BCUT2D eigenvalue weighted by molar-refractivity contribution is 5.85. The highest BCUT2D eigenvalue weighted by atomic mass is 16.4. The van der Waals surface area contributed by atoms with Crippen LogP contribution >= 0.6 is 0 Å². The molecule has 0 aliphatic carbocycles. The second-order valence-corrected chi connectivity index (χ2v) is 5.57. The van der Waals surface area contributed by atoms with E-state index in [9.17, 15) is 14.4 Å². The smallest absolute Gasteiger partial charge is 0.320 e. The Morgan fingerprint density at radius 3 is 2.75 bits per heavy atom. The maximum absolute atomic E-state index is 11.9. The fourth-order valence-electron chi connectivity index (χ4n) is 2.87. The number of likely N-dealkylation sites (N-methyl/N-ethyl adjacent to an activating group) is 1. The third kappa shape index (κ3) is 3.47. The van der Waals surface area contributed by atoms with Crippen molar-refractivity contribution in [1.82, 2.24) is 15.1 Å². The number of carboxylic acid groups (broad SMARTS) is 1. The number of hydrogen-bond donors (Lipinski definition) is 2. The van der Waals surface area contributed by atoms with E-state index in [2.05, 4.69) is 5.32 Å². The van der Waals surface area contributed by atoms with Crippen molar-refractivity contribution < 1.29 is 19.5 Å². The standard InChI is InChI=1S/C13H21N3O4/c1-15-7-9(6-10(15)13(19)20)14-11(17)8-16-5-3-2-4-12(16)18/h9-10H,2-8H2,1H3,(H,14,17)(H,19,20)/t9-,10+/m1/s1. The molecule has 0 aromatic carbocycles. The van der Waals surface area contributed by atoms with Gasteiger partial charge in [-0.3, -0.25) is 19.3 Å². The van der Waals surface area contributed by atoms with E-state index in [0.29, 0.717) is 25.9 Å². The van der Waals surface area contributed by atoms with E-state index in [1.807, 2.05) is 0 Å². The predicted octanol–water partition coefficient (Wildman–Crippen LogP) is -0.728. The average molecular weight is 283 g/mol. The molecule has 0 radical (unpaired) electrons. The van der Waals surface area contributed by atoms with Gasteiger partial charge in [0.1, 0.15) is 6.04 Å². The quantitative estimate of drug-likeness (QED) is 0.710. The van der Waals surface area contributed by atoms with Gasteiger partial charge in [0.2, 0.25) is 11.8 Å². The second-order valence-electron chi connectivity index (χ2n) is 5.57. The summed E-state index contributed by atoms with van der Waals surface area (Å²) in [6.07, 6.45) is 2.75. The van der Waals surface area contributed by atoms with E-state index < -0.39 is 12.0 Å². The highest BCUT2D eigenvalue weighted by Gasteiger charge is 2.35. The Kier molecular flexibility index (Phi) is 4.59. The molecule has 0 spiro atoms. The van der Waals surface area contributed by atoms with E-state index in [1.165, 1.54) is 0 Å². The lowest BCUT2D eigenvalue weighted by Gasteiger charge is -2.26. The molecule has 0 unspecified atom stereocenters. The van der Waals surface area contributed by atoms with Crippen LogP contribution in [0.2, 0.25) is 0 Å². The molecule has 7 heteroatoms. The zero-order valence-electron chi connectivity index (χ0n) is 11.7. The fraction of sp³-hybridized carbons (Fsp3) is 0.769. The molecule has 20 heavy (non-hydrogen) atoms. The summed E-state index contributed by atoms with van der Waals surface area (Å²) in [6, 6.07) is -0.703. The molecule has 7 nitrogen and oxygen atoms in total.